The van der Waals surface area contributed by atoms with Crippen LogP contribution in [0.4, 0.5) is 4.39 Å². The predicted octanol–water partition coefficient (Wildman–Crippen LogP) is 2.92. The van der Waals surface area contributed by atoms with Crippen molar-refractivity contribution in [3.05, 3.63) is 100 Å². The molecule has 140 valence electrons. The van der Waals surface area contributed by atoms with Crippen LogP contribution in [-0.4, -0.2) is 20.4 Å². The van der Waals surface area contributed by atoms with E-state index in [4.69, 9.17) is 0 Å². The molecular formula is C21H17FN4O2. The summed E-state index contributed by atoms with van der Waals surface area (Å²) in [6, 6.07) is 13.6. The minimum Gasteiger partial charge on any atom is -0.338 e. The van der Waals surface area contributed by atoms with E-state index in [1.807, 2.05) is 7.05 Å². The Balaban J connectivity index is 1.77. The summed E-state index contributed by atoms with van der Waals surface area (Å²) in [6.07, 6.45) is 3.39. The highest BCUT2D eigenvalue weighted by atomic mass is 19.1. The molecule has 1 amide bonds. The number of halogens is 1. The van der Waals surface area contributed by atoms with Gasteiger partial charge in [0, 0.05) is 36.4 Å². The van der Waals surface area contributed by atoms with Crippen molar-refractivity contribution in [2.24, 2.45) is 7.05 Å². The Bertz CT molecular complexity index is 1210. The molecule has 1 atom stereocenters. The number of fused-ring (bicyclic) bond motifs is 1. The van der Waals surface area contributed by atoms with E-state index >= 15 is 0 Å². The fourth-order valence-corrected chi connectivity index (χ4v) is 3.21. The maximum absolute atomic E-state index is 13.4. The largest absolute Gasteiger partial charge is 0.338 e. The first kappa shape index (κ1) is 17.7. The number of H-pyrrole nitrogens is 1. The number of amides is 1. The van der Waals surface area contributed by atoms with Crippen LogP contribution in [0.1, 0.15) is 27.8 Å². The molecule has 0 radical (unpaired) electrons. The molecular weight excluding hydrogens is 359 g/mol. The number of nitrogens with one attached hydrogen (secondary N) is 2. The van der Waals surface area contributed by atoms with E-state index in [0.29, 0.717) is 22.3 Å². The minimum atomic E-state index is -0.605. The molecule has 28 heavy (non-hydrogen) atoms. The van der Waals surface area contributed by atoms with Crippen molar-refractivity contribution in [1.29, 1.82) is 0 Å². The molecule has 0 fully saturated rings. The number of hydrogen-bond acceptors (Lipinski definition) is 3. The maximum Gasteiger partial charge on any atom is 0.253 e. The van der Waals surface area contributed by atoms with E-state index < -0.39 is 11.9 Å². The first-order valence-corrected chi connectivity index (χ1v) is 8.68. The van der Waals surface area contributed by atoms with E-state index in [9.17, 15) is 14.0 Å². The molecule has 0 aliphatic carbocycles. The molecule has 0 saturated heterocycles. The second kappa shape index (κ2) is 7.11. The van der Waals surface area contributed by atoms with E-state index in [-0.39, 0.29) is 16.9 Å². The summed E-state index contributed by atoms with van der Waals surface area (Å²) >= 11 is 0. The van der Waals surface area contributed by atoms with E-state index in [1.54, 1.807) is 53.4 Å². The van der Waals surface area contributed by atoms with Crippen LogP contribution in [0.25, 0.3) is 10.9 Å². The van der Waals surface area contributed by atoms with Crippen LogP contribution < -0.4 is 10.9 Å². The third-order valence-electron chi connectivity index (χ3n) is 4.59. The molecule has 1 unspecified atom stereocenters. The van der Waals surface area contributed by atoms with Gasteiger partial charge in [0.25, 0.3) is 5.91 Å². The number of benzene rings is 2. The topological polar surface area (TPSA) is 79.8 Å². The van der Waals surface area contributed by atoms with Crippen LogP contribution in [0.15, 0.2) is 71.8 Å². The molecule has 2 aromatic carbocycles. The standard InChI is InChI=1S/C21H17FN4O2/c1-26-11-10-23-20(26)19(13-6-8-14(22)9-7-13)25-21(28)16-12-18(27)24-17-5-3-2-4-15(16)17/h2-12,19H,1H3,(H,24,27)(H,25,28). The van der Waals surface area contributed by atoms with Gasteiger partial charge in [-0.25, -0.2) is 9.37 Å². The lowest BCUT2D eigenvalue weighted by Crippen LogP contribution is -2.32. The summed E-state index contributed by atoms with van der Waals surface area (Å²) in [5.74, 6) is -0.192. The molecule has 7 heteroatoms. The number of aromatic nitrogens is 3. The zero-order chi connectivity index (χ0) is 19.7. The van der Waals surface area contributed by atoms with Crippen molar-refractivity contribution in [3.8, 4) is 0 Å². The van der Waals surface area contributed by atoms with Gasteiger partial charge in [0.2, 0.25) is 5.56 Å². The number of aryl methyl sites for hydroxylation is 1. The van der Waals surface area contributed by atoms with Crippen molar-refractivity contribution in [1.82, 2.24) is 19.9 Å². The number of nitrogens with zero attached hydrogens (tertiary/aromatic N) is 2. The van der Waals surface area contributed by atoms with Gasteiger partial charge in [0.1, 0.15) is 17.7 Å². The number of carbonyl (C=O) groups excluding carboxylic acids is 1. The van der Waals surface area contributed by atoms with Crippen LogP contribution in [0.3, 0.4) is 0 Å². The van der Waals surface area contributed by atoms with E-state index in [2.05, 4.69) is 15.3 Å². The summed E-state index contributed by atoms with van der Waals surface area (Å²) in [5.41, 5.74) is 1.16. The maximum atomic E-state index is 13.4. The van der Waals surface area contributed by atoms with Gasteiger partial charge >= 0.3 is 0 Å². The Morgan fingerprint density at radius 1 is 1.18 bits per heavy atom. The highest BCUT2D eigenvalue weighted by Gasteiger charge is 2.22. The summed E-state index contributed by atoms with van der Waals surface area (Å²) in [5, 5.41) is 3.57. The Morgan fingerprint density at radius 2 is 1.93 bits per heavy atom. The lowest BCUT2D eigenvalue weighted by Gasteiger charge is -2.19. The van der Waals surface area contributed by atoms with Gasteiger partial charge in [0.05, 0.1) is 5.56 Å². The number of rotatable bonds is 4. The average molecular weight is 376 g/mol. The molecule has 2 aromatic heterocycles. The highest BCUT2D eigenvalue weighted by molar-refractivity contribution is 6.06. The fourth-order valence-electron chi connectivity index (χ4n) is 3.21. The van der Waals surface area contributed by atoms with E-state index in [0.717, 1.165) is 0 Å². The number of imidazole rings is 1. The van der Waals surface area contributed by atoms with Crippen LogP contribution in [0.2, 0.25) is 0 Å². The second-order valence-electron chi connectivity index (χ2n) is 6.45. The Morgan fingerprint density at radius 3 is 2.64 bits per heavy atom. The van der Waals surface area contributed by atoms with Gasteiger partial charge in [-0.2, -0.15) is 0 Å². The Kier molecular flexibility index (Phi) is 4.49. The van der Waals surface area contributed by atoms with Gasteiger partial charge in [-0.15, -0.1) is 0 Å². The molecule has 0 bridgehead atoms. The molecule has 2 heterocycles. The summed E-state index contributed by atoms with van der Waals surface area (Å²) in [6.45, 7) is 0. The fraction of sp³-hybridized carbons (Fsp3) is 0.0952. The lowest BCUT2D eigenvalue weighted by molar-refractivity contribution is 0.0942. The summed E-state index contributed by atoms with van der Waals surface area (Å²) in [7, 11) is 1.81. The molecule has 2 N–H and O–H groups in total. The lowest BCUT2D eigenvalue weighted by atomic mass is 10.0. The zero-order valence-corrected chi connectivity index (χ0v) is 15.0. The van der Waals surface area contributed by atoms with Crippen molar-refractivity contribution < 1.29 is 9.18 Å². The summed E-state index contributed by atoms with van der Waals surface area (Å²) in [4.78, 5) is 32.1. The number of carbonyl (C=O) groups is 1. The second-order valence-corrected chi connectivity index (χ2v) is 6.45. The number of aromatic amines is 1. The number of pyridine rings is 1. The molecule has 0 spiro atoms. The van der Waals surface area contributed by atoms with Crippen molar-refractivity contribution in [2.75, 3.05) is 0 Å². The van der Waals surface area contributed by atoms with Crippen LogP contribution >= 0.6 is 0 Å². The molecule has 0 saturated carbocycles. The van der Waals surface area contributed by atoms with Crippen molar-refractivity contribution in [2.45, 2.75) is 6.04 Å². The quantitative estimate of drug-likeness (QED) is 0.575. The Hall–Kier alpha value is -3.74. The third kappa shape index (κ3) is 3.29. The molecule has 0 aliphatic heterocycles. The molecule has 4 aromatic rings. The van der Waals surface area contributed by atoms with Gasteiger partial charge < -0.3 is 14.9 Å². The average Bonchev–Trinajstić information content (AvgIpc) is 3.11. The number of hydrogen-bond donors (Lipinski definition) is 2. The number of para-hydroxylation sites is 1. The van der Waals surface area contributed by atoms with Crippen LogP contribution in [0.5, 0.6) is 0 Å². The van der Waals surface area contributed by atoms with Crippen molar-refractivity contribution in [3.63, 3.8) is 0 Å². The minimum absolute atomic E-state index is 0.265. The Labute approximate surface area is 159 Å². The van der Waals surface area contributed by atoms with E-state index in [1.165, 1.54) is 18.2 Å². The van der Waals surface area contributed by atoms with Gasteiger partial charge in [-0.3, -0.25) is 9.59 Å². The highest BCUT2D eigenvalue weighted by Crippen LogP contribution is 2.22. The van der Waals surface area contributed by atoms with Gasteiger partial charge in [-0.05, 0) is 23.8 Å². The SMILES string of the molecule is Cn1ccnc1C(NC(=O)c1cc(=O)[nH]c2ccccc12)c1ccc(F)cc1. The first-order chi connectivity index (χ1) is 13.5. The van der Waals surface area contributed by atoms with Crippen LogP contribution in [-0.2, 0) is 7.05 Å². The van der Waals surface area contributed by atoms with Crippen molar-refractivity contribution >= 4 is 16.8 Å². The molecule has 6 nitrogen and oxygen atoms in total. The smallest absolute Gasteiger partial charge is 0.253 e. The molecule has 4 rings (SSSR count). The monoisotopic (exact) mass is 376 g/mol. The van der Waals surface area contributed by atoms with Gasteiger partial charge in [-0.1, -0.05) is 30.3 Å². The third-order valence-corrected chi connectivity index (χ3v) is 4.59. The zero-order valence-electron chi connectivity index (χ0n) is 15.0. The first-order valence-electron chi connectivity index (χ1n) is 8.68. The molecule has 0 aliphatic rings. The predicted molar refractivity (Wildman–Crippen MR) is 103 cm³/mol. The normalized spacial score (nSPS) is 12.1. The summed E-state index contributed by atoms with van der Waals surface area (Å²) < 4.78 is 15.2. The van der Waals surface area contributed by atoms with Gasteiger partial charge in [0.15, 0.2) is 0 Å². The van der Waals surface area contributed by atoms with Crippen LogP contribution in [0, 0.1) is 5.82 Å².